The minimum atomic E-state index is -1.06. The van der Waals surface area contributed by atoms with E-state index in [1.807, 2.05) is 19.1 Å². The van der Waals surface area contributed by atoms with E-state index in [0.717, 1.165) is 17.1 Å². The zero-order valence-electron chi connectivity index (χ0n) is 13.5. The summed E-state index contributed by atoms with van der Waals surface area (Å²) >= 11 is 0. The Morgan fingerprint density at radius 3 is 2.32 bits per heavy atom. The molecule has 0 radical (unpaired) electrons. The van der Waals surface area contributed by atoms with E-state index in [-0.39, 0.29) is 5.78 Å². The fraction of sp³-hybridized carbons (Fsp3) is 0.632. The molecular formula is C19H26O2S. The summed E-state index contributed by atoms with van der Waals surface area (Å²) in [4.78, 5) is 12.4. The molecule has 1 aromatic rings. The van der Waals surface area contributed by atoms with Crippen LogP contribution in [0.5, 0.6) is 0 Å². The van der Waals surface area contributed by atoms with E-state index in [4.69, 9.17) is 4.18 Å². The first-order valence-electron chi connectivity index (χ1n) is 8.78. The predicted octanol–water partition coefficient (Wildman–Crippen LogP) is 5.18. The Bertz CT molecular complexity index is 568. The summed E-state index contributed by atoms with van der Waals surface area (Å²) in [6.07, 6.45) is 9.17. The lowest BCUT2D eigenvalue weighted by Gasteiger charge is -2.22. The molecule has 1 saturated carbocycles. The van der Waals surface area contributed by atoms with Gasteiger partial charge in [-0.15, -0.1) is 0 Å². The van der Waals surface area contributed by atoms with E-state index >= 15 is 0 Å². The molecule has 0 amide bonds. The number of hydrogen-bond acceptors (Lipinski definition) is 2. The van der Waals surface area contributed by atoms with E-state index in [9.17, 15) is 4.79 Å². The van der Waals surface area contributed by atoms with E-state index in [1.165, 1.54) is 50.5 Å². The SMILES string of the molecule is CC1(C(=O)c2ccc(C3CCCCC3)cc2)OS12CCCC2. The van der Waals surface area contributed by atoms with Crippen LogP contribution in [-0.2, 0) is 4.18 Å². The van der Waals surface area contributed by atoms with Gasteiger partial charge in [-0.2, -0.15) is 0 Å². The number of ketones is 1. The molecule has 3 heteroatoms. The van der Waals surface area contributed by atoms with Crippen LogP contribution in [0, 0.1) is 0 Å². The number of carbonyl (C=O) groups excluding carboxylic acids is 1. The fourth-order valence-corrected chi connectivity index (χ4v) is 8.23. The molecule has 22 heavy (non-hydrogen) atoms. The van der Waals surface area contributed by atoms with E-state index in [0.29, 0.717) is 5.92 Å². The molecule has 2 aliphatic heterocycles. The standard InChI is InChI=1S/C19H26O2S/c1-19(21-22(19)13-5-6-14-22)18(20)17-11-9-16(10-12-17)15-7-3-2-4-8-15/h9-12,15H,2-8,13-14H2,1H3. The molecule has 2 saturated heterocycles. The highest BCUT2D eigenvalue weighted by atomic mass is 32.3. The van der Waals surface area contributed by atoms with Crippen LogP contribution in [-0.4, -0.2) is 22.2 Å². The molecule has 2 nitrogen and oxygen atoms in total. The second-order valence-corrected chi connectivity index (χ2v) is 10.6. The Morgan fingerprint density at radius 2 is 1.68 bits per heavy atom. The van der Waals surface area contributed by atoms with Crippen molar-refractivity contribution in [2.75, 3.05) is 11.5 Å². The average molecular weight is 318 g/mol. The highest BCUT2D eigenvalue weighted by Crippen LogP contribution is 2.81. The molecule has 3 aliphatic rings. The van der Waals surface area contributed by atoms with Crippen molar-refractivity contribution in [3.8, 4) is 0 Å². The molecule has 1 aromatic carbocycles. The van der Waals surface area contributed by atoms with Gasteiger partial charge in [0, 0.05) is 17.1 Å². The van der Waals surface area contributed by atoms with E-state index < -0.39 is 15.2 Å². The summed E-state index contributed by atoms with van der Waals surface area (Å²) in [7, 11) is -1.06. The van der Waals surface area contributed by atoms with Crippen molar-refractivity contribution < 1.29 is 8.98 Å². The fourth-order valence-electron chi connectivity index (χ4n) is 4.34. The van der Waals surface area contributed by atoms with Gasteiger partial charge in [0.15, 0.2) is 4.93 Å². The van der Waals surface area contributed by atoms with Crippen molar-refractivity contribution in [1.82, 2.24) is 0 Å². The quantitative estimate of drug-likeness (QED) is 0.568. The van der Waals surface area contributed by atoms with Crippen LogP contribution in [0.25, 0.3) is 0 Å². The molecule has 0 aromatic heterocycles. The third-order valence-corrected chi connectivity index (χ3v) is 9.95. The maximum atomic E-state index is 12.9. The van der Waals surface area contributed by atoms with Gasteiger partial charge in [0.05, 0.1) is 0 Å². The van der Waals surface area contributed by atoms with Crippen molar-refractivity contribution in [2.24, 2.45) is 0 Å². The van der Waals surface area contributed by atoms with Crippen LogP contribution >= 0.6 is 10.3 Å². The van der Waals surface area contributed by atoms with Gasteiger partial charge in [0.1, 0.15) is 0 Å². The topological polar surface area (TPSA) is 29.6 Å². The van der Waals surface area contributed by atoms with E-state index in [1.54, 1.807) is 0 Å². The van der Waals surface area contributed by atoms with Crippen LogP contribution in [0.1, 0.15) is 73.7 Å². The highest BCUT2D eigenvalue weighted by Gasteiger charge is 2.67. The van der Waals surface area contributed by atoms with Gasteiger partial charge >= 0.3 is 0 Å². The molecule has 0 bridgehead atoms. The van der Waals surface area contributed by atoms with Crippen LogP contribution in [0.3, 0.4) is 0 Å². The Kier molecular flexibility index (Phi) is 3.61. The van der Waals surface area contributed by atoms with Gasteiger partial charge in [0.2, 0.25) is 5.78 Å². The van der Waals surface area contributed by atoms with Crippen molar-refractivity contribution in [1.29, 1.82) is 0 Å². The van der Waals surface area contributed by atoms with Gasteiger partial charge < -0.3 is 4.18 Å². The summed E-state index contributed by atoms with van der Waals surface area (Å²) < 4.78 is 6.05. The van der Waals surface area contributed by atoms with Gasteiger partial charge in [-0.3, -0.25) is 4.79 Å². The maximum absolute atomic E-state index is 12.9. The number of benzene rings is 1. The summed E-state index contributed by atoms with van der Waals surface area (Å²) in [6.45, 7) is 2.03. The lowest BCUT2D eigenvalue weighted by atomic mass is 9.84. The zero-order valence-corrected chi connectivity index (χ0v) is 14.3. The van der Waals surface area contributed by atoms with Crippen molar-refractivity contribution in [3.63, 3.8) is 0 Å². The van der Waals surface area contributed by atoms with Gasteiger partial charge in [-0.05, 0) is 44.1 Å². The molecule has 2 heterocycles. The molecule has 1 aliphatic carbocycles. The first-order valence-corrected chi connectivity index (χ1v) is 10.7. The Morgan fingerprint density at radius 1 is 1.05 bits per heavy atom. The molecule has 1 unspecified atom stereocenters. The van der Waals surface area contributed by atoms with Crippen LogP contribution < -0.4 is 0 Å². The molecule has 1 spiro atoms. The first-order chi connectivity index (χ1) is 10.6. The Balaban J connectivity index is 1.50. The lowest BCUT2D eigenvalue weighted by Crippen LogP contribution is -2.22. The number of carbonyl (C=O) groups is 1. The molecule has 3 fully saturated rings. The summed E-state index contributed by atoms with van der Waals surface area (Å²) in [5.41, 5.74) is 2.26. The molecular weight excluding hydrogens is 292 g/mol. The van der Waals surface area contributed by atoms with Crippen LogP contribution in [0.15, 0.2) is 24.3 Å². The van der Waals surface area contributed by atoms with Crippen LogP contribution in [0.4, 0.5) is 0 Å². The Hall–Kier alpha value is -0.800. The Labute approximate surface area is 135 Å². The minimum Gasteiger partial charge on any atom is -0.308 e. The smallest absolute Gasteiger partial charge is 0.206 e. The average Bonchev–Trinajstić information content (AvgIpc) is 2.92. The second-order valence-electron chi connectivity index (χ2n) is 7.24. The molecule has 4 rings (SSSR count). The van der Waals surface area contributed by atoms with Crippen molar-refractivity contribution >= 4 is 16.1 Å². The van der Waals surface area contributed by atoms with Gasteiger partial charge in [-0.25, -0.2) is 0 Å². The second kappa shape index (κ2) is 5.38. The van der Waals surface area contributed by atoms with Crippen molar-refractivity contribution in [2.45, 2.75) is 62.7 Å². The number of Topliss-reactive ketones (excluding diaryl/α,β-unsaturated/α-hetero) is 1. The maximum Gasteiger partial charge on any atom is 0.206 e. The monoisotopic (exact) mass is 318 g/mol. The lowest BCUT2D eigenvalue weighted by molar-refractivity contribution is 0.0888. The normalized spacial score (nSPS) is 32.0. The van der Waals surface area contributed by atoms with E-state index in [2.05, 4.69) is 12.1 Å². The highest BCUT2D eigenvalue weighted by molar-refractivity contribution is 8.36. The summed E-state index contributed by atoms with van der Waals surface area (Å²) in [5.74, 6) is 3.20. The zero-order chi connectivity index (χ0) is 15.2. The molecule has 1 atom stereocenters. The largest absolute Gasteiger partial charge is 0.308 e. The predicted molar refractivity (Wildman–Crippen MR) is 92.6 cm³/mol. The van der Waals surface area contributed by atoms with Crippen LogP contribution in [0.2, 0.25) is 0 Å². The first kappa shape index (κ1) is 14.8. The summed E-state index contributed by atoms with van der Waals surface area (Å²) in [6, 6.07) is 8.46. The number of rotatable bonds is 3. The number of hydrogen-bond donors (Lipinski definition) is 0. The molecule has 0 N–H and O–H groups in total. The molecule has 120 valence electrons. The third kappa shape index (κ3) is 2.25. The van der Waals surface area contributed by atoms with Gasteiger partial charge in [-0.1, -0.05) is 53.8 Å². The third-order valence-electron chi connectivity index (χ3n) is 5.86. The summed E-state index contributed by atoms with van der Waals surface area (Å²) in [5, 5.41) is 0. The minimum absolute atomic E-state index is 0.222. The van der Waals surface area contributed by atoms with Crippen molar-refractivity contribution in [3.05, 3.63) is 35.4 Å². The van der Waals surface area contributed by atoms with Gasteiger partial charge in [0.25, 0.3) is 0 Å².